The topological polar surface area (TPSA) is 76.8 Å². The van der Waals surface area contributed by atoms with Gasteiger partial charge in [0.05, 0.1) is 5.69 Å². The van der Waals surface area contributed by atoms with Crippen molar-refractivity contribution in [2.24, 2.45) is 0 Å². The number of ether oxygens (including phenoxy) is 1. The number of hydrogen-bond donors (Lipinski definition) is 0. The molecule has 0 bridgehead atoms. The van der Waals surface area contributed by atoms with Crippen LogP contribution in [0, 0.1) is 6.92 Å². The summed E-state index contributed by atoms with van der Waals surface area (Å²) in [5.41, 5.74) is 1.85. The van der Waals surface area contributed by atoms with Gasteiger partial charge in [-0.1, -0.05) is 0 Å². The van der Waals surface area contributed by atoms with E-state index in [1.165, 1.54) is 6.92 Å². The molecule has 1 aliphatic rings. The smallest absolute Gasteiger partial charge is 0.303 e. The number of rotatable bonds is 3. The third-order valence-electron chi connectivity index (χ3n) is 4.03. The van der Waals surface area contributed by atoms with E-state index >= 15 is 0 Å². The fourth-order valence-corrected chi connectivity index (χ4v) is 3.57. The normalized spacial score (nSPS) is 17.7. The van der Waals surface area contributed by atoms with Gasteiger partial charge in [-0.3, -0.25) is 19.0 Å². The van der Waals surface area contributed by atoms with Gasteiger partial charge in [-0.05, 0) is 29.3 Å². The number of carbonyl (C=O) groups excluding carboxylic acids is 2. The van der Waals surface area contributed by atoms with Gasteiger partial charge in [0, 0.05) is 38.3 Å². The monoisotopic (exact) mass is 380 g/mol. The molecule has 0 radical (unpaired) electrons. The molecule has 0 aromatic carbocycles. The molecule has 1 saturated heterocycles. The summed E-state index contributed by atoms with van der Waals surface area (Å²) >= 11 is 3.49. The van der Waals surface area contributed by atoms with Crippen molar-refractivity contribution in [2.45, 2.75) is 26.2 Å². The van der Waals surface area contributed by atoms with E-state index in [-0.39, 0.29) is 18.4 Å². The molecule has 0 spiro atoms. The van der Waals surface area contributed by atoms with E-state index in [4.69, 9.17) is 4.74 Å². The number of hydrogen-bond acceptors (Lipinski definition) is 5. The number of amides is 1. The first-order valence-electron chi connectivity index (χ1n) is 7.37. The molecule has 1 atom stereocenters. The highest BCUT2D eigenvalue weighted by molar-refractivity contribution is 9.10. The van der Waals surface area contributed by atoms with E-state index in [2.05, 4.69) is 25.9 Å². The van der Waals surface area contributed by atoms with Crippen LogP contribution in [0.2, 0.25) is 0 Å². The molecule has 1 unspecified atom stereocenters. The van der Waals surface area contributed by atoms with Crippen LogP contribution < -0.4 is 0 Å². The van der Waals surface area contributed by atoms with Crippen LogP contribution in [0.3, 0.4) is 0 Å². The standard InChI is InChI=1S/C15H17BrN4O3/c1-9-13-14(16)18-15(20(13)6-4-17-9)11-3-5-19(7-11)12(22)8-23-10(2)21/h4,6,11H,3,5,7-8H2,1-2H3. The Hall–Kier alpha value is -1.96. The Morgan fingerprint density at radius 1 is 1.48 bits per heavy atom. The van der Waals surface area contributed by atoms with Gasteiger partial charge < -0.3 is 9.64 Å². The van der Waals surface area contributed by atoms with Crippen molar-refractivity contribution >= 4 is 33.3 Å². The minimum Gasteiger partial charge on any atom is -0.456 e. The molecule has 2 aromatic rings. The molecule has 1 amide bonds. The molecule has 1 aliphatic heterocycles. The molecule has 8 heteroatoms. The second kappa shape index (κ2) is 6.27. The highest BCUT2D eigenvalue weighted by atomic mass is 79.9. The molecule has 122 valence electrons. The lowest BCUT2D eigenvalue weighted by Crippen LogP contribution is -2.32. The van der Waals surface area contributed by atoms with E-state index in [1.807, 2.05) is 17.5 Å². The Labute approximate surface area is 141 Å². The zero-order chi connectivity index (χ0) is 16.6. The summed E-state index contributed by atoms with van der Waals surface area (Å²) in [6.07, 6.45) is 4.47. The highest BCUT2D eigenvalue weighted by Crippen LogP contribution is 2.30. The quantitative estimate of drug-likeness (QED) is 0.757. The number of fused-ring (bicyclic) bond motifs is 1. The third-order valence-corrected chi connectivity index (χ3v) is 4.58. The van der Waals surface area contributed by atoms with Crippen LogP contribution in [-0.2, 0) is 14.3 Å². The van der Waals surface area contributed by atoms with Gasteiger partial charge >= 0.3 is 5.97 Å². The Bertz CT molecular complexity index is 773. The molecular formula is C15H17BrN4O3. The molecule has 3 rings (SSSR count). The summed E-state index contributed by atoms with van der Waals surface area (Å²) in [5, 5.41) is 0. The first kappa shape index (κ1) is 15.9. The SMILES string of the molecule is CC(=O)OCC(=O)N1CCC(c2nc(Br)c3c(C)nccn23)C1. The lowest BCUT2D eigenvalue weighted by molar-refractivity contribution is -0.149. The maximum Gasteiger partial charge on any atom is 0.303 e. The Morgan fingerprint density at radius 3 is 3.00 bits per heavy atom. The summed E-state index contributed by atoms with van der Waals surface area (Å²) in [4.78, 5) is 33.5. The minimum absolute atomic E-state index is 0.150. The number of esters is 1. The third kappa shape index (κ3) is 3.08. The van der Waals surface area contributed by atoms with E-state index in [1.54, 1.807) is 11.1 Å². The van der Waals surface area contributed by atoms with Crippen LogP contribution in [0.15, 0.2) is 17.0 Å². The predicted octanol–water partition coefficient (Wildman–Crippen LogP) is 1.68. The first-order valence-corrected chi connectivity index (χ1v) is 8.17. The number of aryl methyl sites for hydroxylation is 1. The number of halogens is 1. The number of likely N-dealkylation sites (tertiary alicyclic amines) is 1. The molecule has 1 fully saturated rings. The van der Waals surface area contributed by atoms with E-state index in [0.717, 1.165) is 28.1 Å². The van der Waals surface area contributed by atoms with E-state index < -0.39 is 5.97 Å². The van der Waals surface area contributed by atoms with Crippen molar-refractivity contribution < 1.29 is 14.3 Å². The highest BCUT2D eigenvalue weighted by Gasteiger charge is 2.31. The number of nitrogens with zero attached hydrogens (tertiary/aromatic N) is 4. The number of imidazole rings is 1. The number of aromatic nitrogens is 3. The molecule has 0 saturated carbocycles. The zero-order valence-electron chi connectivity index (χ0n) is 13.0. The van der Waals surface area contributed by atoms with Crippen LogP contribution in [0.1, 0.15) is 30.8 Å². The van der Waals surface area contributed by atoms with Gasteiger partial charge in [0.15, 0.2) is 6.61 Å². The molecule has 0 N–H and O–H groups in total. The van der Waals surface area contributed by atoms with Crippen LogP contribution in [0.4, 0.5) is 0 Å². The summed E-state index contributed by atoms with van der Waals surface area (Å²) < 4.78 is 7.57. The Morgan fingerprint density at radius 2 is 2.26 bits per heavy atom. The van der Waals surface area contributed by atoms with Crippen LogP contribution in [-0.4, -0.2) is 50.8 Å². The maximum absolute atomic E-state index is 12.1. The first-order chi connectivity index (χ1) is 11.0. The Balaban J connectivity index is 1.78. The fraction of sp³-hybridized carbons (Fsp3) is 0.467. The predicted molar refractivity (Wildman–Crippen MR) is 86.0 cm³/mol. The van der Waals surface area contributed by atoms with Crippen molar-refractivity contribution in [3.8, 4) is 0 Å². The zero-order valence-corrected chi connectivity index (χ0v) is 14.5. The summed E-state index contributed by atoms with van der Waals surface area (Å²) in [6, 6.07) is 0. The van der Waals surface area contributed by atoms with Crippen molar-refractivity contribution in [1.82, 2.24) is 19.3 Å². The summed E-state index contributed by atoms with van der Waals surface area (Å²) in [6.45, 7) is 4.26. The van der Waals surface area contributed by atoms with Crippen molar-refractivity contribution in [2.75, 3.05) is 19.7 Å². The van der Waals surface area contributed by atoms with Gasteiger partial charge in [-0.15, -0.1) is 0 Å². The lowest BCUT2D eigenvalue weighted by atomic mass is 10.1. The van der Waals surface area contributed by atoms with Gasteiger partial charge in [-0.2, -0.15) is 0 Å². The second-order valence-electron chi connectivity index (χ2n) is 5.60. The summed E-state index contributed by atoms with van der Waals surface area (Å²) in [5.74, 6) is 0.456. The molecule has 3 heterocycles. The van der Waals surface area contributed by atoms with Gasteiger partial charge in [0.25, 0.3) is 5.91 Å². The van der Waals surface area contributed by atoms with Crippen LogP contribution in [0.5, 0.6) is 0 Å². The van der Waals surface area contributed by atoms with Crippen molar-refractivity contribution in [1.29, 1.82) is 0 Å². The van der Waals surface area contributed by atoms with Gasteiger partial charge in [0.2, 0.25) is 0 Å². The Kier molecular flexibility index (Phi) is 4.34. The molecule has 0 aliphatic carbocycles. The second-order valence-corrected chi connectivity index (χ2v) is 6.35. The molecule has 23 heavy (non-hydrogen) atoms. The van der Waals surface area contributed by atoms with Crippen LogP contribution in [0.25, 0.3) is 5.52 Å². The molecular weight excluding hydrogens is 364 g/mol. The number of carbonyl (C=O) groups is 2. The maximum atomic E-state index is 12.1. The van der Waals surface area contributed by atoms with Crippen LogP contribution >= 0.6 is 15.9 Å². The van der Waals surface area contributed by atoms with Crippen molar-refractivity contribution in [3.63, 3.8) is 0 Å². The molecule has 2 aromatic heterocycles. The van der Waals surface area contributed by atoms with Gasteiger partial charge in [0.1, 0.15) is 15.9 Å². The van der Waals surface area contributed by atoms with E-state index in [0.29, 0.717) is 13.1 Å². The summed E-state index contributed by atoms with van der Waals surface area (Å²) in [7, 11) is 0. The minimum atomic E-state index is -0.444. The largest absolute Gasteiger partial charge is 0.456 e. The van der Waals surface area contributed by atoms with E-state index in [9.17, 15) is 9.59 Å². The average Bonchev–Trinajstić information content (AvgIpc) is 3.10. The van der Waals surface area contributed by atoms with Crippen molar-refractivity contribution in [3.05, 3.63) is 28.5 Å². The average molecular weight is 381 g/mol. The van der Waals surface area contributed by atoms with Gasteiger partial charge in [-0.25, -0.2) is 4.98 Å². The lowest BCUT2D eigenvalue weighted by Gasteiger charge is -2.16. The molecule has 7 nitrogen and oxygen atoms in total. The fourth-order valence-electron chi connectivity index (χ4n) is 2.91.